The molecule has 0 aliphatic heterocycles. The van der Waals surface area contributed by atoms with Gasteiger partial charge in [-0.25, -0.2) is 0 Å². The first kappa shape index (κ1) is 16.1. The molecule has 7 heteroatoms. The zero-order chi connectivity index (χ0) is 16.2. The standard InChI is InChI=1S/C15H15F3N2O2/c16-15(17,18)10-22-12-5-3-11(4-6-12)20-13(21)14(9-19)7-1-2-8-14/h3-6H,1-2,7-8,10H2,(H,20,21). The first-order valence-electron chi connectivity index (χ1n) is 6.87. The minimum absolute atomic E-state index is 0.0613. The van der Waals surface area contributed by atoms with Gasteiger partial charge in [-0.2, -0.15) is 18.4 Å². The molecule has 1 saturated carbocycles. The number of anilines is 1. The van der Waals surface area contributed by atoms with Crippen molar-refractivity contribution in [1.29, 1.82) is 5.26 Å². The van der Waals surface area contributed by atoms with E-state index in [0.29, 0.717) is 18.5 Å². The Morgan fingerprint density at radius 3 is 2.36 bits per heavy atom. The molecule has 0 unspecified atom stereocenters. The molecule has 1 fully saturated rings. The molecule has 0 aromatic heterocycles. The summed E-state index contributed by atoms with van der Waals surface area (Å²) < 4.78 is 40.7. The maximum Gasteiger partial charge on any atom is 0.422 e. The maximum atomic E-state index is 12.2. The molecule has 1 aliphatic carbocycles. The summed E-state index contributed by atoms with van der Waals surface area (Å²) in [7, 11) is 0. The third-order valence-corrected chi connectivity index (χ3v) is 3.62. The molecule has 4 nitrogen and oxygen atoms in total. The van der Waals surface area contributed by atoms with E-state index in [0.717, 1.165) is 12.8 Å². The molecule has 118 valence electrons. The van der Waals surface area contributed by atoms with Gasteiger partial charge in [0.25, 0.3) is 0 Å². The van der Waals surface area contributed by atoms with E-state index in [1.165, 1.54) is 24.3 Å². The van der Waals surface area contributed by atoms with Gasteiger partial charge in [0.2, 0.25) is 5.91 Å². The lowest BCUT2D eigenvalue weighted by Crippen LogP contribution is -2.32. The van der Waals surface area contributed by atoms with Crippen LogP contribution in [-0.4, -0.2) is 18.7 Å². The highest BCUT2D eigenvalue weighted by Gasteiger charge is 2.41. The van der Waals surface area contributed by atoms with Crippen LogP contribution in [0.2, 0.25) is 0 Å². The fourth-order valence-electron chi connectivity index (χ4n) is 2.42. The summed E-state index contributed by atoms with van der Waals surface area (Å²) in [6.07, 6.45) is -1.66. The van der Waals surface area contributed by atoms with Crippen LogP contribution in [0.3, 0.4) is 0 Å². The minimum Gasteiger partial charge on any atom is -0.484 e. The van der Waals surface area contributed by atoms with Crippen LogP contribution < -0.4 is 10.1 Å². The fourth-order valence-corrected chi connectivity index (χ4v) is 2.42. The van der Waals surface area contributed by atoms with Crippen LogP contribution in [0.5, 0.6) is 5.75 Å². The number of benzene rings is 1. The number of rotatable bonds is 4. The van der Waals surface area contributed by atoms with Crippen LogP contribution in [0, 0.1) is 16.7 Å². The lowest BCUT2D eigenvalue weighted by molar-refractivity contribution is -0.153. The topological polar surface area (TPSA) is 62.1 Å². The Morgan fingerprint density at radius 2 is 1.86 bits per heavy atom. The molecule has 0 atom stereocenters. The van der Waals surface area contributed by atoms with Crippen LogP contribution in [0.1, 0.15) is 25.7 Å². The minimum atomic E-state index is -4.39. The molecular weight excluding hydrogens is 297 g/mol. The van der Waals surface area contributed by atoms with Crippen molar-refractivity contribution in [2.45, 2.75) is 31.9 Å². The second-order valence-electron chi connectivity index (χ2n) is 5.28. The number of carbonyl (C=O) groups is 1. The molecular formula is C15H15F3N2O2. The molecule has 0 radical (unpaired) electrons. The van der Waals surface area contributed by atoms with Gasteiger partial charge >= 0.3 is 6.18 Å². The van der Waals surface area contributed by atoms with Crippen LogP contribution >= 0.6 is 0 Å². The molecule has 0 bridgehead atoms. The molecule has 1 N–H and O–H groups in total. The van der Waals surface area contributed by atoms with Gasteiger partial charge in [-0.1, -0.05) is 12.8 Å². The number of ether oxygens (including phenoxy) is 1. The van der Waals surface area contributed by atoms with E-state index in [-0.39, 0.29) is 11.7 Å². The van der Waals surface area contributed by atoms with E-state index in [1.807, 2.05) is 0 Å². The normalized spacial score (nSPS) is 16.8. The van der Waals surface area contributed by atoms with E-state index in [9.17, 15) is 23.2 Å². The van der Waals surface area contributed by atoms with E-state index >= 15 is 0 Å². The molecule has 1 amide bonds. The molecule has 1 aromatic carbocycles. The number of hydrogen-bond acceptors (Lipinski definition) is 3. The number of nitriles is 1. The van der Waals surface area contributed by atoms with Gasteiger partial charge in [0.15, 0.2) is 6.61 Å². The lowest BCUT2D eigenvalue weighted by Gasteiger charge is -2.19. The summed E-state index contributed by atoms with van der Waals surface area (Å²) in [6.45, 7) is -1.36. The zero-order valence-electron chi connectivity index (χ0n) is 11.7. The van der Waals surface area contributed by atoms with E-state index in [4.69, 9.17) is 0 Å². The van der Waals surface area contributed by atoms with Gasteiger partial charge in [-0.05, 0) is 37.1 Å². The molecule has 0 saturated heterocycles. The summed E-state index contributed by atoms with van der Waals surface area (Å²) in [5.74, 6) is -0.303. The Labute approximate surface area is 125 Å². The van der Waals surface area contributed by atoms with Gasteiger partial charge < -0.3 is 10.1 Å². The Hall–Kier alpha value is -2.23. The predicted molar refractivity (Wildman–Crippen MR) is 73.1 cm³/mol. The van der Waals surface area contributed by atoms with E-state index < -0.39 is 18.2 Å². The van der Waals surface area contributed by atoms with Crippen molar-refractivity contribution in [1.82, 2.24) is 0 Å². The number of alkyl halides is 3. The molecule has 0 spiro atoms. The van der Waals surface area contributed by atoms with Crippen molar-refractivity contribution in [3.05, 3.63) is 24.3 Å². The molecule has 2 rings (SSSR count). The van der Waals surface area contributed by atoms with Gasteiger partial charge in [0.05, 0.1) is 6.07 Å². The average molecular weight is 312 g/mol. The number of halogens is 3. The van der Waals surface area contributed by atoms with Gasteiger partial charge in [-0.15, -0.1) is 0 Å². The lowest BCUT2D eigenvalue weighted by atomic mass is 9.87. The number of carbonyl (C=O) groups excluding carboxylic acids is 1. The van der Waals surface area contributed by atoms with Crippen molar-refractivity contribution in [2.24, 2.45) is 5.41 Å². The van der Waals surface area contributed by atoms with E-state index in [2.05, 4.69) is 16.1 Å². The summed E-state index contributed by atoms with van der Waals surface area (Å²) >= 11 is 0. The summed E-state index contributed by atoms with van der Waals surface area (Å²) in [6, 6.07) is 7.66. The Balaban J connectivity index is 1.97. The van der Waals surface area contributed by atoms with Crippen LogP contribution in [-0.2, 0) is 4.79 Å². The Bertz CT molecular complexity index is 570. The number of hydrogen-bond donors (Lipinski definition) is 1. The summed E-state index contributed by atoms with van der Waals surface area (Å²) in [5.41, 5.74) is -0.572. The van der Waals surface area contributed by atoms with Crippen molar-refractivity contribution in [3.63, 3.8) is 0 Å². The molecule has 0 heterocycles. The highest BCUT2D eigenvalue weighted by molar-refractivity contribution is 5.97. The molecule has 1 aromatic rings. The largest absolute Gasteiger partial charge is 0.484 e. The first-order valence-corrected chi connectivity index (χ1v) is 6.87. The number of amides is 1. The SMILES string of the molecule is N#CC1(C(=O)Nc2ccc(OCC(F)(F)F)cc2)CCCC1. The summed E-state index contributed by atoms with van der Waals surface area (Å²) in [5, 5.41) is 11.9. The van der Waals surface area contributed by atoms with Crippen molar-refractivity contribution < 1.29 is 22.7 Å². The third-order valence-electron chi connectivity index (χ3n) is 3.62. The second-order valence-corrected chi connectivity index (χ2v) is 5.28. The van der Waals surface area contributed by atoms with Crippen molar-refractivity contribution in [2.75, 3.05) is 11.9 Å². The van der Waals surface area contributed by atoms with E-state index in [1.54, 1.807) is 0 Å². The molecule has 22 heavy (non-hydrogen) atoms. The third kappa shape index (κ3) is 3.91. The monoisotopic (exact) mass is 312 g/mol. The zero-order valence-corrected chi connectivity index (χ0v) is 11.7. The van der Waals surface area contributed by atoms with Crippen LogP contribution in [0.4, 0.5) is 18.9 Å². The quantitative estimate of drug-likeness (QED) is 0.923. The Morgan fingerprint density at radius 1 is 1.27 bits per heavy atom. The summed E-state index contributed by atoms with van der Waals surface area (Å²) in [4.78, 5) is 12.2. The predicted octanol–water partition coefficient (Wildman–Crippen LogP) is 3.65. The fraction of sp³-hybridized carbons (Fsp3) is 0.467. The van der Waals surface area contributed by atoms with Crippen LogP contribution in [0.15, 0.2) is 24.3 Å². The highest BCUT2D eigenvalue weighted by atomic mass is 19.4. The van der Waals surface area contributed by atoms with Gasteiger partial charge in [0.1, 0.15) is 11.2 Å². The number of nitrogens with zero attached hydrogens (tertiary/aromatic N) is 1. The Kier molecular flexibility index (Phi) is 4.59. The smallest absolute Gasteiger partial charge is 0.422 e. The van der Waals surface area contributed by atoms with Gasteiger partial charge in [-0.3, -0.25) is 4.79 Å². The maximum absolute atomic E-state index is 12.2. The second kappa shape index (κ2) is 6.26. The molecule has 1 aliphatic rings. The van der Waals surface area contributed by atoms with Crippen LogP contribution in [0.25, 0.3) is 0 Å². The average Bonchev–Trinajstić information content (AvgIpc) is 2.96. The highest BCUT2D eigenvalue weighted by Crippen LogP contribution is 2.38. The van der Waals surface area contributed by atoms with Gasteiger partial charge in [0, 0.05) is 5.69 Å². The van der Waals surface area contributed by atoms with Crippen molar-refractivity contribution in [3.8, 4) is 11.8 Å². The van der Waals surface area contributed by atoms with Crippen molar-refractivity contribution >= 4 is 11.6 Å². The first-order chi connectivity index (χ1) is 10.3. The number of nitrogens with one attached hydrogen (secondary N) is 1.